The SMILES string of the molecule is CC(=O)Nc1nnc(Sc2ccc(C(=O)N[C@@H]3C4CCN(CC4)[C@@H]3C)cc2)o1. The van der Waals surface area contributed by atoms with Gasteiger partial charge in [0, 0.05) is 29.5 Å². The lowest BCUT2D eigenvalue weighted by molar-refractivity contribution is -0.114. The summed E-state index contributed by atoms with van der Waals surface area (Å²) in [4.78, 5) is 27.0. The van der Waals surface area contributed by atoms with Crippen LogP contribution in [0.25, 0.3) is 0 Å². The van der Waals surface area contributed by atoms with Crippen LogP contribution < -0.4 is 10.6 Å². The van der Waals surface area contributed by atoms with Gasteiger partial charge in [-0.25, -0.2) is 0 Å². The quantitative estimate of drug-likeness (QED) is 0.793. The molecule has 1 aromatic carbocycles. The number of hydrogen-bond donors (Lipinski definition) is 2. The first-order valence-electron chi connectivity index (χ1n) is 9.43. The Balaban J connectivity index is 1.37. The second kappa shape index (κ2) is 7.92. The van der Waals surface area contributed by atoms with Crippen LogP contribution in [0.1, 0.15) is 37.0 Å². The monoisotopic (exact) mass is 401 g/mol. The molecule has 0 spiro atoms. The van der Waals surface area contributed by atoms with Gasteiger partial charge >= 0.3 is 6.01 Å². The predicted octanol–water partition coefficient (Wildman–Crippen LogP) is 2.39. The topological polar surface area (TPSA) is 100 Å². The molecule has 1 aromatic heterocycles. The van der Waals surface area contributed by atoms with Crippen LogP contribution in [0.5, 0.6) is 0 Å². The molecule has 5 rings (SSSR count). The predicted molar refractivity (Wildman–Crippen MR) is 104 cm³/mol. The first-order valence-corrected chi connectivity index (χ1v) is 10.2. The molecule has 2 aromatic rings. The zero-order valence-corrected chi connectivity index (χ0v) is 16.7. The molecule has 0 aliphatic carbocycles. The molecule has 0 radical (unpaired) electrons. The van der Waals surface area contributed by atoms with Crippen molar-refractivity contribution in [1.29, 1.82) is 0 Å². The molecule has 2 bridgehead atoms. The Morgan fingerprint density at radius 3 is 2.54 bits per heavy atom. The minimum absolute atomic E-state index is 0.0344. The van der Waals surface area contributed by atoms with Crippen molar-refractivity contribution in [3.63, 3.8) is 0 Å². The summed E-state index contributed by atoms with van der Waals surface area (Å²) in [5.74, 6) is 0.273. The second-order valence-corrected chi connectivity index (χ2v) is 8.32. The van der Waals surface area contributed by atoms with Gasteiger partial charge < -0.3 is 9.73 Å². The number of anilines is 1. The number of nitrogens with zero attached hydrogens (tertiary/aromatic N) is 3. The molecule has 8 nitrogen and oxygen atoms in total. The molecule has 4 heterocycles. The molecule has 0 saturated carbocycles. The Morgan fingerprint density at radius 2 is 1.89 bits per heavy atom. The third-order valence-corrected chi connectivity index (χ3v) is 6.33. The van der Waals surface area contributed by atoms with E-state index >= 15 is 0 Å². The number of aromatic nitrogens is 2. The van der Waals surface area contributed by atoms with Crippen LogP contribution in [-0.4, -0.2) is 52.1 Å². The van der Waals surface area contributed by atoms with Crippen molar-refractivity contribution in [3.8, 4) is 0 Å². The maximum absolute atomic E-state index is 12.7. The number of fused-ring (bicyclic) bond motifs is 3. The molecule has 9 heteroatoms. The molecule has 3 aliphatic rings. The summed E-state index contributed by atoms with van der Waals surface area (Å²) < 4.78 is 5.34. The highest BCUT2D eigenvalue weighted by Crippen LogP contribution is 2.32. The maximum Gasteiger partial charge on any atom is 0.322 e. The van der Waals surface area contributed by atoms with Crippen molar-refractivity contribution in [3.05, 3.63) is 29.8 Å². The van der Waals surface area contributed by atoms with E-state index < -0.39 is 0 Å². The summed E-state index contributed by atoms with van der Waals surface area (Å²) >= 11 is 1.27. The summed E-state index contributed by atoms with van der Waals surface area (Å²) in [7, 11) is 0. The highest BCUT2D eigenvalue weighted by Gasteiger charge is 2.40. The number of carbonyl (C=O) groups excluding carboxylic acids is 2. The lowest BCUT2D eigenvalue weighted by Gasteiger charge is -2.49. The van der Waals surface area contributed by atoms with E-state index in [4.69, 9.17) is 4.42 Å². The maximum atomic E-state index is 12.7. The van der Waals surface area contributed by atoms with E-state index in [2.05, 4.69) is 32.7 Å². The summed E-state index contributed by atoms with van der Waals surface area (Å²) in [6.45, 7) is 5.86. The number of amides is 2. The average Bonchev–Trinajstić information content (AvgIpc) is 3.11. The van der Waals surface area contributed by atoms with Crippen molar-refractivity contribution in [2.45, 2.75) is 48.9 Å². The molecule has 2 N–H and O–H groups in total. The Bertz CT molecular complexity index is 859. The van der Waals surface area contributed by atoms with E-state index in [-0.39, 0.29) is 23.9 Å². The summed E-state index contributed by atoms with van der Waals surface area (Å²) in [6, 6.07) is 7.97. The summed E-state index contributed by atoms with van der Waals surface area (Å²) in [5, 5.41) is 13.6. The van der Waals surface area contributed by atoms with E-state index in [9.17, 15) is 9.59 Å². The zero-order valence-electron chi connectivity index (χ0n) is 15.8. The first-order chi connectivity index (χ1) is 13.5. The zero-order chi connectivity index (χ0) is 19.7. The minimum Gasteiger partial charge on any atom is -0.397 e. The van der Waals surface area contributed by atoms with Crippen LogP contribution >= 0.6 is 11.8 Å². The standard InChI is InChI=1S/C19H23N5O3S/c1-11-16(13-7-9-24(11)10-8-13)21-17(26)14-3-5-15(6-4-14)28-19-23-22-18(27-19)20-12(2)25/h3-6,11,13,16H,7-10H2,1-2H3,(H,21,26)(H,20,22,25)/t11-,16+/m1/s1. The van der Waals surface area contributed by atoms with Gasteiger partial charge in [0.05, 0.1) is 0 Å². The number of hydrogen-bond acceptors (Lipinski definition) is 7. The van der Waals surface area contributed by atoms with Crippen LogP contribution in [0.2, 0.25) is 0 Å². The molecule has 3 aliphatic heterocycles. The second-order valence-electron chi connectivity index (χ2n) is 7.29. The van der Waals surface area contributed by atoms with Crippen molar-refractivity contribution in [2.24, 2.45) is 5.92 Å². The lowest BCUT2D eigenvalue weighted by atomic mass is 9.79. The van der Waals surface area contributed by atoms with Crippen molar-refractivity contribution in [1.82, 2.24) is 20.4 Å². The van der Waals surface area contributed by atoms with Gasteiger partial charge in [-0.1, -0.05) is 10.2 Å². The van der Waals surface area contributed by atoms with E-state index in [0.29, 0.717) is 22.7 Å². The van der Waals surface area contributed by atoms with E-state index in [1.54, 1.807) is 12.1 Å². The largest absolute Gasteiger partial charge is 0.397 e. The fraction of sp³-hybridized carbons (Fsp3) is 0.474. The molecular weight excluding hydrogens is 378 g/mol. The third kappa shape index (κ3) is 4.05. The van der Waals surface area contributed by atoms with E-state index in [0.717, 1.165) is 30.8 Å². The van der Waals surface area contributed by atoms with Crippen LogP contribution in [0.3, 0.4) is 0 Å². The Kier molecular flexibility index (Phi) is 5.36. The molecule has 2 amide bonds. The van der Waals surface area contributed by atoms with Crippen molar-refractivity contribution in [2.75, 3.05) is 18.4 Å². The Morgan fingerprint density at radius 1 is 1.18 bits per heavy atom. The van der Waals surface area contributed by atoms with E-state index in [1.807, 2.05) is 12.1 Å². The van der Waals surface area contributed by atoms with Gasteiger partial charge in [-0.2, -0.15) is 0 Å². The van der Waals surface area contributed by atoms with Gasteiger partial charge in [0.2, 0.25) is 5.91 Å². The minimum atomic E-state index is -0.270. The van der Waals surface area contributed by atoms with Crippen molar-refractivity contribution < 1.29 is 14.0 Å². The van der Waals surface area contributed by atoms with Gasteiger partial charge in [0.1, 0.15) is 0 Å². The summed E-state index contributed by atoms with van der Waals surface area (Å²) in [5.41, 5.74) is 0.637. The number of rotatable bonds is 5. The van der Waals surface area contributed by atoms with Crippen LogP contribution in [0, 0.1) is 5.92 Å². The molecule has 3 fully saturated rings. The molecule has 28 heavy (non-hydrogen) atoms. The van der Waals surface area contributed by atoms with Crippen LogP contribution in [0.15, 0.2) is 38.8 Å². The Labute approximate surface area is 167 Å². The van der Waals surface area contributed by atoms with Crippen LogP contribution in [-0.2, 0) is 4.79 Å². The molecule has 2 atom stereocenters. The number of carbonyl (C=O) groups is 2. The van der Waals surface area contributed by atoms with Crippen molar-refractivity contribution >= 4 is 29.6 Å². The van der Waals surface area contributed by atoms with Gasteiger partial charge in [0.25, 0.3) is 11.1 Å². The summed E-state index contributed by atoms with van der Waals surface area (Å²) in [6.07, 6.45) is 2.32. The Hall–Kier alpha value is -2.39. The van der Waals surface area contributed by atoms with Gasteiger partial charge in [0.15, 0.2) is 0 Å². The van der Waals surface area contributed by atoms with E-state index in [1.165, 1.54) is 18.7 Å². The smallest absolute Gasteiger partial charge is 0.322 e. The highest BCUT2D eigenvalue weighted by atomic mass is 32.2. The number of benzene rings is 1. The highest BCUT2D eigenvalue weighted by molar-refractivity contribution is 7.99. The third-order valence-electron chi connectivity index (χ3n) is 5.49. The van der Waals surface area contributed by atoms with Gasteiger partial charge in [-0.3, -0.25) is 19.8 Å². The first kappa shape index (κ1) is 18.9. The molecular formula is C19H23N5O3S. The van der Waals surface area contributed by atoms with Gasteiger partial charge in [-0.15, -0.1) is 0 Å². The lowest BCUT2D eigenvalue weighted by Crippen LogP contribution is -2.62. The molecule has 0 unspecified atom stereocenters. The average molecular weight is 401 g/mol. The molecule has 3 saturated heterocycles. The number of nitrogens with one attached hydrogen (secondary N) is 2. The fourth-order valence-electron chi connectivity index (χ4n) is 4.01. The fourth-order valence-corrected chi connectivity index (χ4v) is 4.68. The van der Waals surface area contributed by atoms with Gasteiger partial charge in [-0.05, 0) is 74.8 Å². The molecule has 148 valence electrons. The number of piperidine rings is 3. The normalized spacial score (nSPS) is 26.1. The van der Waals surface area contributed by atoms with Crippen LogP contribution in [0.4, 0.5) is 6.01 Å².